The van der Waals surface area contributed by atoms with Crippen LogP contribution in [0.2, 0.25) is 5.02 Å². The van der Waals surface area contributed by atoms with Gasteiger partial charge in [0.1, 0.15) is 5.82 Å². The Morgan fingerprint density at radius 3 is 2.96 bits per heavy atom. The van der Waals surface area contributed by atoms with Gasteiger partial charge in [0.05, 0.1) is 17.7 Å². The summed E-state index contributed by atoms with van der Waals surface area (Å²) in [5.74, 6) is 1.03. The van der Waals surface area contributed by atoms with Crippen LogP contribution in [0.5, 0.6) is 0 Å². The molecule has 2 heterocycles. The number of aromatic nitrogens is 2. The highest BCUT2D eigenvalue weighted by Crippen LogP contribution is 2.31. The lowest BCUT2D eigenvalue weighted by atomic mass is 10.0. The summed E-state index contributed by atoms with van der Waals surface area (Å²) in [6.45, 7) is 5.10. The van der Waals surface area contributed by atoms with Gasteiger partial charge in [0.25, 0.3) is 0 Å². The third-order valence-electron chi connectivity index (χ3n) is 3.88. The minimum absolute atomic E-state index is 0.0602. The first-order valence-corrected chi connectivity index (χ1v) is 8.05. The fraction of sp³-hybridized carbons (Fsp3) is 0.500. The molecule has 1 fully saturated rings. The van der Waals surface area contributed by atoms with Gasteiger partial charge < -0.3 is 14.6 Å². The highest BCUT2D eigenvalue weighted by atomic mass is 35.5. The standard InChI is InChI=1S/C16H19ClFN3O2/c1-9(2)16-20-14(23-21-16)8-19-13-5-6-22-15(13)10-3-4-11(17)12(18)7-10/h3-4,7,9,13,15,19H,5-6,8H2,1-2H3/t13-,15-/m0/s1. The van der Waals surface area contributed by atoms with Gasteiger partial charge in [0.15, 0.2) is 5.82 Å². The van der Waals surface area contributed by atoms with Crippen LogP contribution >= 0.6 is 11.6 Å². The average molecular weight is 340 g/mol. The number of hydrogen-bond donors (Lipinski definition) is 1. The molecule has 0 spiro atoms. The van der Waals surface area contributed by atoms with Crippen molar-refractivity contribution in [2.45, 2.75) is 44.9 Å². The Bertz CT molecular complexity index is 677. The Balaban J connectivity index is 1.65. The molecule has 0 saturated carbocycles. The highest BCUT2D eigenvalue weighted by molar-refractivity contribution is 6.30. The minimum Gasteiger partial charge on any atom is -0.372 e. The van der Waals surface area contributed by atoms with Crippen LogP contribution in [-0.2, 0) is 11.3 Å². The molecule has 1 aliphatic rings. The lowest BCUT2D eigenvalue weighted by Gasteiger charge is -2.19. The Morgan fingerprint density at radius 1 is 1.43 bits per heavy atom. The molecule has 7 heteroatoms. The molecule has 5 nitrogen and oxygen atoms in total. The van der Waals surface area contributed by atoms with Crippen molar-refractivity contribution in [2.75, 3.05) is 6.61 Å². The summed E-state index contributed by atoms with van der Waals surface area (Å²) >= 11 is 5.73. The van der Waals surface area contributed by atoms with E-state index >= 15 is 0 Å². The molecular formula is C16H19ClFN3O2. The van der Waals surface area contributed by atoms with Crippen molar-refractivity contribution in [3.63, 3.8) is 0 Å². The lowest BCUT2D eigenvalue weighted by Crippen LogP contribution is -2.31. The summed E-state index contributed by atoms with van der Waals surface area (Å²) in [4.78, 5) is 4.34. The number of halogens is 2. The summed E-state index contributed by atoms with van der Waals surface area (Å²) in [6, 6.07) is 4.83. The van der Waals surface area contributed by atoms with E-state index in [1.807, 2.05) is 13.8 Å². The first-order valence-electron chi connectivity index (χ1n) is 7.67. The van der Waals surface area contributed by atoms with E-state index in [1.165, 1.54) is 6.07 Å². The van der Waals surface area contributed by atoms with Gasteiger partial charge in [-0.2, -0.15) is 4.98 Å². The SMILES string of the molecule is CC(C)c1noc(CN[C@H]2CCO[C@H]2c2ccc(Cl)c(F)c2)n1. The maximum absolute atomic E-state index is 13.6. The van der Waals surface area contributed by atoms with Crippen LogP contribution in [0.4, 0.5) is 4.39 Å². The van der Waals surface area contributed by atoms with Gasteiger partial charge >= 0.3 is 0 Å². The van der Waals surface area contributed by atoms with Gasteiger partial charge in [-0.15, -0.1) is 0 Å². The molecule has 1 N–H and O–H groups in total. The predicted octanol–water partition coefficient (Wildman–Crippen LogP) is 3.61. The third-order valence-corrected chi connectivity index (χ3v) is 4.19. The van der Waals surface area contributed by atoms with Crippen molar-refractivity contribution in [3.8, 4) is 0 Å². The Morgan fingerprint density at radius 2 is 2.26 bits per heavy atom. The molecule has 3 rings (SSSR count). The molecule has 0 bridgehead atoms. The van der Waals surface area contributed by atoms with Crippen LogP contribution < -0.4 is 5.32 Å². The molecule has 0 radical (unpaired) electrons. The van der Waals surface area contributed by atoms with E-state index in [0.717, 1.165) is 12.0 Å². The van der Waals surface area contributed by atoms with Crippen molar-refractivity contribution in [2.24, 2.45) is 0 Å². The quantitative estimate of drug-likeness (QED) is 0.901. The van der Waals surface area contributed by atoms with Crippen molar-refractivity contribution in [3.05, 3.63) is 46.3 Å². The first kappa shape index (κ1) is 16.4. The zero-order chi connectivity index (χ0) is 16.4. The van der Waals surface area contributed by atoms with Gasteiger partial charge in [0.2, 0.25) is 5.89 Å². The van der Waals surface area contributed by atoms with Crippen molar-refractivity contribution in [1.29, 1.82) is 0 Å². The maximum atomic E-state index is 13.6. The molecule has 0 amide bonds. The third kappa shape index (κ3) is 3.71. The van der Waals surface area contributed by atoms with Crippen LogP contribution in [0.1, 0.15) is 49.6 Å². The average Bonchev–Trinajstić information content (AvgIpc) is 3.16. The molecule has 1 saturated heterocycles. The number of hydrogen-bond acceptors (Lipinski definition) is 5. The van der Waals surface area contributed by atoms with Gasteiger partial charge in [-0.05, 0) is 24.1 Å². The molecule has 0 unspecified atom stereocenters. The van der Waals surface area contributed by atoms with Gasteiger partial charge in [0, 0.05) is 18.6 Å². The monoisotopic (exact) mass is 339 g/mol. The van der Waals surface area contributed by atoms with Gasteiger partial charge in [-0.25, -0.2) is 4.39 Å². The molecule has 0 aliphatic carbocycles. The van der Waals surface area contributed by atoms with E-state index in [0.29, 0.717) is 24.9 Å². The summed E-state index contributed by atoms with van der Waals surface area (Å²) in [5.41, 5.74) is 0.773. The highest BCUT2D eigenvalue weighted by Gasteiger charge is 2.30. The molecule has 124 valence electrons. The minimum atomic E-state index is -0.433. The van der Waals surface area contributed by atoms with E-state index in [-0.39, 0.29) is 23.1 Å². The molecule has 2 aromatic rings. The number of nitrogens with one attached hydrogen (secondary N) is 1. The van der Waals surface area contributed by atoms with E-state index in [1.54, 1.807) is 12.1 Å². The van der Waals surface area contributed by atoms with Crippen molar-refractivity contribution < 1.29 is 13.7 Å². The van der Waals surface area contributed by atoms with E-state index < -0.39 is 5.82 Å². The number of nitrogens with zero attached hydrogens (tertiary/aromatic N) is 2. The smallest absolute Gasteiger partial charge is 0.240 e. The molecule has 23 heavy (non-hydrogen) atoms. The van der Waals surface area contributed by atoms with Crippen LogP contribution in [0.25, 0.3) is 0 Å². The topological polar surface area (TPSA) is 60.2 Å². The molecule has 1 aromatic heterocycles. The number of rotatable bonds is 5. The second kappa shape index (κ2) is 6.95. The Labute approximate surface area is 139 Å². The largest absolute Gasteiger partial charge is 0.372 e. The Hall–Kier alpha value is -1.50. The second-order valence-electron chi connectivity index (χ2n) is 5.94. The number of ether oxygens (including phenoxy) is 1. The zero-order valence-corrected chi connectivity index (χ0v) is 13.8. The second-order valence-corrected chi connectivity index (χ2v) is 6.35. The zero-order valence-electron chi connectivity index (χ0n) is 13.1. The fourth-order valence-corrected chi connectivity index (χ4v) is 2.73. The summed E-state index contributed by atoms with van der Waals surface area (Å²) in [7, 11) is 0. The Kier molecular flexibility index (Phi) is 4.94. The van der Waals surface area contributed by atoms with Crippen molar-refractivity contribution in [1.82, 2.24) is 15.5 Å². The van der Waals surface area contributed by atoms with Crippen LogP contribution in [0, 0.1) is 5.82 Å². The number of benzene rings is 1. The summed E-state index contributed by atoms with van der Waals surface area (Å²) in [5, 5.41) is 7.41. The normalized spacial score (nSPS) is 21.3. The van der Waals surface area contributed by atoms with Gasteiger partial charge in [-0.3, -0.25) is 0 Å². The summed E-state index contributed by atoms with van der Waals surface area (Å²) in [6.07, 6.45) is 0.620. The lowest BCUT2D eigenvalue weighted by molar-refractivity contribution is 0.0976. The van der Waals surface area contributed by atoms with Crippen LogP contribution in [0.15, 0.2) is 22.7 Å². The van der Waals surface area contributed by atoms with E-state index in [4.69, 9.17) is 20.9 Å². The molecular weight excluding hydrogens is 321 g/mol. The van der Waals surface area contributed by atoms with Crippen LogP contribution in [-0.4, -0.2) is 22.8 Å². The predicted molar refractivity (Wildman–Crippen MR) is 83.7 cm³/mol. The first-order chi connectivity index (χ1) is 11.0. The van der Waals surface area contributed by atoms with E-state index in [9.17, 15) is 4.39 Å². The maximum Gasteiger partial charge on any atom is 0.240 e. The van der Waals surface area contributed by atoms with E-state index in [2.05, 4.69) is 15.5 Å². The summed E-state index contributed by atoms with van der Waals surface area (Å²) < 4.78 is 24.6. The molecule has 1 aromatic carbocycles. The molecule has 2 atom stereocenters. The molecule has 1 aliphatic heterocycles. The van der Waals surface area contributed by atoms with Crippen LogP contribution in [0.3, 0.4) is 0 Å². The van der Waals surface area contributed by atoms with Crippen molar-refractivity contribution >= 4 is 11.6 Å². The fourth-order valence-electron chi connectivity index (χ4n) is 2.61. The van der Waals surface area contributed by atoms with Gasteiger partial charge in [-0.1, -0.05) is 36.7 Å².